The average molecular weight is 360 g/mol. The summed E-state index contributed by atoms with van der Waals surface area (Å²) in [4.78, 5) is 0. The predicted octanol–water partition coefficient (Wildman–Crippen LogP) is 7.39. The van der Waals surface area contributed by atoms with Crippen LogP contribution in [0.3, 0.4) is 0 Å². The molecule has 1 heteroatoms. The van der Waals surface area contributed by atoms with Gasteiger partial charge in [-0.2, -0.15) is 0 Å². The molecular formula is C27H20O. The maximum absolute atomic E-state index is 6.45. The lowest BCUT2D eigenvalue weighted by Crippen LogP contribution is -1.83. The van der Waals surface area contributed by atoms with Crippen molar-refractivity contribution in [1.29, 1.82) is 0 Å². The fraction of sp³-hybridized carbons (Fsp3) is 0.111. The Morgan fingerprint density at radius 1 is 0.679 bits per heavy atom. The van der Waals surface area contributed by atoms with Gasteiger partial charge >= 0.3 is 0 Å². The molecule has 0 unspecified atom stereocenters. The summed E-state index contributed by atoms with van der Waals surface area (Å²) in [5, 5.41) is 2.41. The molecule has 4 aromatic carbocycles. The van der Waals surface area contributed by atoms with E-state index in [9.17, 15) is 0 Å². The van der Waals surface area contributed by atoms with Gasteiger partial charge < -0.3 is 4.42 Å². The predicted molar refractivity (Wildman–Crippen MR) is 117 cm³/mol. The van der Waals surface area contributed by atoms with Gasteiger partial charge in [0, 0.05) is 16.3 Å². The van der Waals surface area contributed by atoms with Crippen LogP contribution >= 0.6 is 0 Å². The molecule has 0 aliphatic heterocycles. The van der Waals surface area contributed by atoms with E-state index in [0.29, 0.717) is 0 Å². The number of para-hydroxylation sites is 2. The molecule has 0 amide bonds. The van der Waals surface area contributed by atoms with Gasteiger partial charge in [-0.05, 0) is 52.3 Å². The van der Waals surface area contributed by atoms with Gasteiger partial charge in [0.25, 0.3) is 0 Å². The topological polar surface area (TPSA) is 13.1 Å². The van der Waals surface area contributed by atoms with Crippen molar-refractivity contribution < 1.29 is 4.42 Å². The van der Waals surface area contributed by atoms with E-state index < -0.39 is 0 Å². The maximum atomic E-state index is 6.45. The number of hydrogen-bond acceptors (Lipinski definition) is 1. The van der Waals surface area contributed by atoms with Crippen molar-refractivity contribution in [3.8, 4) is 22.3 Å². The third kappa shape index (κ3) is 2.13. The lowest BCUT2D eigenvalue weighted by Gasteiger charge is -2.07. The second-order valence-corrected chi connectivity index (χ2v) is 7.64. The molecule has 1 heterocycles. The van der Waals surface area contributed by atoms with E-state index in [2.05, 4.69) is 85.8 Å². The smallest absolute Gasteiger partial charge is 0.143 e. The van der Waals surface area contributed by atoms with Crippen LogP contribution in [0.5, 0.6) is 0 Å². The van der Waals surface area contributed by atoms with Gasteiger partial charge in [0.2, 0.25) is 0 Å². The van der Waals surface area contributed by atoms with Crippen LogP contribution in [0.4, 0.5) is 0 Å². The van der Waals surface area contributed by atoms with Crippen LogP contribution in [-0.2, 0) is 12.8 Å². The quantitative estimate of drug-likeness (QED) is 0.314. The van der Waals surface area contributed by atoms with Crippen molar-refractivity contribution >= 4 is 21.9 Å². The van der Waals surface area contributed by atoms with Crippen LogP contribution in [0.1, 0.15) is 23.6 Å². The summed E-state index contributed by atoms with van der Waals surface area (Å²) >= 11 is 0. The lowest BCUT2D eigenvalue weighted by atomic mass is 9.97. The van der Waals surface area contributed by atoms with Crippen LogP contribution in [0, 0.1) is 0 Å². The van der Waals surface area contributed by atoms with Crippen molar-refractivity contribution in [2.45, 2.75) is 19.8 Å². The van der Waals surface area contributed by atoms with Crippen molar-refractivity contribution in [2.24, 2.45) is 0 Å². The maximum Gasteiger partial charge on any atom is 0.143 e. The minimum absolute atomic E-state index is 0.974. The molecule has 1 nitrogen and oxygen atoms in total. The molecule has 28 heavy (non-hydrogen) atoms. The Kier molecular flexibility index (Phi) is 3.28. The molecule has 1 aromatic heterocycles. The SMILES string of the molecule is CCc1cccc2c1oc1c(-c3ccc4c(c3)-c3ccccc3C4)cccc12. The first-order valence-electron chi connectivity index (χ1n) is 9.98. The Balaban J connectivity index is 1.61. The molecule has 0 spiro atoms. The van der Waals surface area contributed by atoms with Gasteiger partial charge in [0.1, 0.15) is 11.2 Å². The van der Waals surface area contributed by atoms with Gasteiger partial charge in [-0.1, -0.05) is 79.7 Å². The first kappa shape index (κ1) is 15.7. The Hall–Kier alpha value is -3.32. The Bertz CT molecular complexity index is 1370. The fourth-order valence-corrected chi connectivity index (χ4v) is 4.68. The van der Waals surface area contributed by atoms with E-state index in [0.717, 1.165) is 24.0 Å². The molecule has 0 saturated heterocycles. The monoisotopic (exact) mass is 360 g/mol. The van der Waals surface area contributed by atoms with E-state index in [1.807, 2.05) is 0 Å². The first-order chi connectivity index (χ1) is 13.8. The average Bonchev–Trinajstić information content (AvgIpc) is 3.31. The zero-order valence-electron chi connectivity index (χ0n) is 15.8. The van der Waals surface area contributed by atoms with E-state index >= 15 is 0 Å². The highest BCUT2D eigenvalue weighted by Gasteiger charge is 2.20. The van der Waals surface area contributed by atoms with Crippen molar-refractivity contribution in [1.82, 2.24) is 0 Å². The van der Waals surface area contributed by atoms with Crippen molar-refractivity contribution in [2.75, 3.05) is 0 Å². The standard InChI is InChI=1S/C27H20O/c1-2-17-8-5-11-23-24-12-6-10-22(27(24)28-26(17)23)20-14-13-19-15-18-7-3-4-9-21(18)25(19)16-20/h3-14,16H,2,15H2,1H3. The summed E-state index contributed by atoms with van der Waals surface area (Å²) in [5.74, 6) is 0. The van der Waals surface area contributed by atoms with Gasteiger partial charge in [-0.25, -0.2) is 0 Å². The normalized spacial score (nSPS) is 12.5. The second-order valence-electron chi connectivity index (χ2n) is 7.64. The number of hydrogen-bond donors (Lipinski definition) is 0. The highest BCUT2D eigenvalue weighted by molar-refractivity contribution is 6.10. The van der Waals surface area contributed by atoms with Crippen LogP contribution in [0.25, 0.3) is 44.2 Å². The highest BCUT2D eigenvalue weighted by Crippen LogP contribution is 2.41. The summed E-state index contributed by atoms with van der Waals surface area (Å²) in [6.45, 7) is 2.18. The van der Waals surface area contributed by atoms with Crippen molar-refractivity contribution in [3.63, 3.8) is 0 Å². The Labute approximate surface area is 164 Å². The second kappa shape index (κ2) is 5.84. The van der Waals surface area contributed by atoms with Gasteiger partial charge in [-0.3, -0.25) is 0 Å². The van der Waals surface area contributed by atoms with E-state index in [4.69, 9.17) is 4.42 Å². The third-order valence-electron chi connectivity index (χ3n) is 6.10. The molecule has 5 aromatic rings. The Morgan fingerprint density at radius 3 is 2.32 bits per heavy atom. The van der Waals surface area contributed by atoms with E-state index in [1.165, 1.54) is 49.7 Å². The van der Waals surface area contributed by atoms with Crippen molar-refractivity contribution in [3.05, 3.63) is 95.6 Å². The van der Waals surface area contributed by atoms with E-state index in [-0.39, 0.29) is 0 Å². The molecule has 134 valence electrons. The summed E-state index contributed by atoms with van der Waals surface area (Å²) < 4.78 is 6.45. The molecule has 0 N–H and O–H groups in total. The number of aryl methyl sites for hydroxylation is 1. The fourth-order valence-electron chi connectivity index (χ4n) is 4.68. The summed E-state index contributed by atoms with van der Waals surface area (Å²) in [7, 11) is 0. The van der Waals surface area contributed by atoms with Gasteiger partial charge in [0.15, 0.2) is 0 Å². The lowest BCUT2D eigenvalue weighted by molar-refractivity contribution is 0.664. The summed E-state index contributed by atoms with van der Waals surface area (Å²) in [6, 6.07) is 28.6. The van der Waals surface area contributed by atoms with Crippen LogP contribution < -0.4 is 0 Å². The number of benzene rings is 4. The van der Waals surface area contributed by atoms with Gasteiger partial charge in [-0.15, -0.1) is 0 Å². The van der Waals surface area contributed by atoms with Gasteiger partial charge in [0.05, 0.1) is 0 Å². The zero-order chi connectivity index (χ0) is 18.7. The van der Waals surface area contributed by atoms with Crippen LogP contribution in [-0.4, -0.2) is 0 Å². The summed E-state index contributed by atoms with van der Waals surface area (Å²) in [5.41, 5.74) is 11.2. The minimum Gasteiger partial charge on any atom is -0.455 e. The number of fused-ring (bicyclic) bond motifs is 6. The molecule has 0 bridgehead atoms. The molecule has 0 saturated carbocycles. The molecule has 0 atom stereocenters. The minimum atomic E-state index is 0.974. The Morgan fingerprint density at radius 2 is 1.43 bits per heavy atom. The molecular weight excluding hydrogens is 340 g/mol. The molecule has 0 fully saturated rings. The van der Waals surface area contributed by atoms with Crippen LogP contribution in [0.15, 0.2) is 83.3 Å². The summed E-state index contributed by atoms with van der Waals surface area (Å²) in [6.07, 6.45) is 2.00. The molecule has 0 radical (unpaired) electrons. The van der Waals surface area contributed by atoms with Crippen LogP contribution in [0.2, 0.25) is 0 Å². The number of rotatable bonds is 2. The van der Waals surface area contributed by atoms with E-state index in [1.54, 1.807) is 0 Å². The number of furan rings is 1. The highest BCUT2D eigenvalue weighted by atomic mass is 16.3. The largest absolute Gasteiger partial charge is 0.455 e. The third-order valence-corrected chi connectivity index (χ3v) is 6.10. The zero-order valence-corrected chi connectivity index (χ0v) is 15.8. The molecule has 1 aliphatic rings. The first-order valence-corrected chi connectivity index (χ1v) is 9.98. The molecule has 6 rings (SSSR count). The molecule has 1 aliphatic carbocycles.